The Bertz CT molecular complexity index is 268. The number of hydrogen-bond acceptors (Lipinski definition) is 6. The molecule has 0 aliphatic rings. The van der Waals surface area contributed by atoms with E-state index in [1.807, 2.05) is 0 Å². The lowest BCUT2D eigenvalue weighted by Crippen LogP contribution is -2.28. The van der Waals surface area contributed by atoms with Gasteiger partial charge in [0.1, 0.15) is 12.8 Å². The van der Waals surface area contributed by atoms with Crippen LogP contribution >= 0.6 is 0 Å². The average Bonchev–Trinajstić information content (AvgIpc) is 2.33. The molecule has 0 aliphatic heterocycles. The van der Waals surface area contributed by atoms with E-state index in [1.54, 1.807) is 0 Å². The number of rotatable bonds is 2. The molecule has 11 heavy (non-hydrogen) atoms. The number of aliphatic hydroxyl groups excluding tert-OH is 1. The van der Waals surface area contributed by atoms with Gasteiger partial charge in [-0.15, -0.1) is 0 Å². The molecule has 0 radical (unpaired) electrons. The fourth-order valence-electron chi connectivity index (χ4n) is 0.568. The number of aliphatic hydroxyl groups is 1. The van der Waals surface area contributed by atoms with Crippen molar-refractivity contribution in [3.05, 3.63) is 16.6 Å². The summed E-state index contributed by atoms with van der Waals surface area (Å²) in [5.41, 5.74) is -0.0900. The fourth-order valence-corrected chi connectivity index (χ4v) is 0.568. The van der Waals surface area contributed by atoms with E-state index >= 15 is 0 Å². The lowest BCUT2D eigenvalue weighted by molar-refractivity contribution is -0.809. The second-order valence-electron chi connectivity index (χ2n) is 1.66. The number of aromatic nitrogens is 2. The molecule has 0 aliphatic carbocycles. The molecule has 1 aromatic heterocycles. The molecule has 0 aromatic carbocycles. The first-order valence-corrected chi connectivity index (χ1v) is 2.66. The Labute approximate surface area is 60.7 Å². The Hall–Kier alpha value is -1.63. The topological polar surface area (TPSA) is 106 Å². The van der Waals surface area contributed by atoms with Crippen molar-refractivity contribution < 1.29 is 19.8 Å². The van der Waals surface area contributed by atoms with Crippen molar-refractivity contribution in [2.75, 3.05) is 0 Å². The Balaban J connectivity index is 3.05. The predicted octanol–water partition coefficient (Wildman–Crippen LogP) is -1.39. The summed E-state index contributed by atoms with van der Waals surface area (Å²) in [5, 5.41) is 32.9. The molecule has 0 bridgehead atoms. The Morgan fingerprint density at radius 3 is 3.09 bits per heavy atom. The predicted molar refractivity (Wildman–Crippen MR) is 30.8 cm³/mol. The molecule has 0 unspecified atom stereocenters. The third kappa shape index (κ3) is 1.27. The zero-order valence-corrected chi connectivity index (χ0v) is 5.34. The van der Waals surface area contributed by atoms with Crippen LogP contribution in [0.5, 0.6) is 0 Å². The van der Waals surface area contributed by atoms with Crippen LogP contribution in [0.2, 0.25) is 0 Å². The molecule has 7 nitrogen and oxygen atoms in total. The molecule has 0 saturated carbocycles. The summed E-state index contributed by atoms with van der Waals surface area (Å²) in [6.45, 7) is -0.519. The number of hydrogen-bond donors (Lipinski definition) is 2. The molecular formula is C4H5N3O4. The molecule has 1 rings (SSSR count). The first kappa shape index (κ1) is 7.48. The molecule has 0 spiro atoms. The number of oxime groups is 1. The zero-order valence-electron chi connectivity index (χ0n) is 5.34. The first-order chi connectivity index (χ1) is 5.29. The third-order valence-corrected chi connectivity index (χ3v) is 1.06. The van der Waals surface area contributed by atoms with Gasteiger partial charge in [0.05, 0.1) is 0 Å². The maximum Gasteiger partial charge on any atom is 0.268 e. The summed E-state index contributed by atoms with van der Waals surface area (Å²) in [6, 6.07) is 0. The maximum absolute atomic E-state index is 10.5. The molecular weight excluding hydrogens is 154 g/mol. The molecule has 60 valence electrons. The van der Waals surface area contributed by atoms with Gasteiger partial charge >= 0.3 is 0 Å². The minimum atomic E-state index is -0.519. The van der Waals surface area contributed by atoms with E-state index in [0.717, 1.165) is 6.21 Å². The van der Waals surface area contributed by atoms with Crippen LogP contribution in [-0.2, 0) is 6.61 Å². The van der Waals surface area contributed by atoms with Gasteiger partial charge < -0.3 is 15.5 Å². The quantitative estimate of drug-likeness (QED) is 0.239. The van der Waals surface area contributed by atoms with Gasteiger partial charge in [-0.3, -0.25) is 4.63 Å². The van der Waals surface area contributed by atoms with Crippen LogP contribution in [0.1, 0.15) is 11.4 Å². The third-order valence-electron chi connectivity index (χ3n) is 1.06. The van der Waals surface area contributed by atoms with Crippen LogP contribution in [0.25, 0.3) is 0 Å². The van der Waals surface area contributed by atoms with Crippen molar-refractivity contribution in [1.29, 1.82) is 0 Å². The van der Waals surface area contributed by atoms with E-state index in [0.29, 0.717) is 0 Å². The van der Waals surface area contributed by atoms with Gasteiger partial charge in [-0.05, 0) is 4.90 Å². The average molecular weight is 159 g/mol. The van der Waals surface area contributed by atoms with Crippen molar-refractivity contribution in [1.82, 2.24) is 5.16 Å². The Morgan fingerprint density at radius 1 is 1.82 bits per heavy atom. The summed E-state index contributed by atoms with van der Waals surface area (Å²) in [5.74, 6) is 0. The molecule has 2 N–H and O–H groups in total. The van der Waals surface area contributed by atoms with Gasteiger partial charge in [0.2, 0.25) is 5.69 Å². The lowest BCUT2D eigenvalue weighted by atomic mass is 10.3. The van der Waals surface area contributed by atoms with Gasteiger partial charge in [0.25, 0.3) is 5.69 Å². The molecule has 0 saturated heterocycles. The van der Waals surface area contributed by atoms with Gasteiger partial charge in [0, 0.05) is 5.16 Å². The first-order valence-electron chi connectivity index (χ1n) is 2.66. The van der Waals surface area contributed by atoms with E-state index in [4.69, 9.17) is 10.3 Å². The van der Waals surface area contributed by atoms with Crippen LogP contribution in [0.3, 0.4) is 0 Å². The molecule has 1 heterocycles. The summed E-state index contributed by atoms with van der Waals surface area (Å²) < 4.78 is 4.09. The molecule has 1 aromatic rings. The lowest BCUT2D eigenvalue weighted by Gasteiger charge is -1.87. The van der Waals surface area contributed by atoms with E-state index in [1.165, 1.54) is 0 Å². The smallest absolute Gasteiger partial charge is 0.268 e. The van der Waals surface area contributed by atoms with Crippen LogP contribution in [0.15, 0.2) is 9.78 Å². The second kappa shape index (κ2) is 2.97. The maximum atomic E-state index is 10.5. The molecule has 0 atom stereocenters. The fraction of sp³-hybridized carbons (Fsp3) is 0.250. The van der Waals surface area contributed by atoms with Crippen molar-refractivity contribution in [2.45, 2.75) is 6.61 Å². The van der Waals surface area contributed by atoms with Crippen LogP contribution in [0, 0.1) is 5.21 Å². The van der Waals surface area contributed by atoms with Gasteiger partial charge in [-0.2, -0.15) is 0 Å². The highest BCUT2D eigenvalue weighted by molar-refractivity contribution is 5.76. The standard InChI is InChI=1S/C4H5N3O4/c8-2-4-3(1-5-9)6-11-7(4)10/h1,8-9H,2H2/b5-1+. The van der Waals surface area contributed by atoms with Crippen LogP contribution in [-0.4, -0.2) is 21.7 Å². The normalized spacial score (nSPS) is 11.0. The van der Waals surface area contributed by atoms with Crippen LogP contribution in [0.4, 0.5) is 0 Å². The summed E-state index contributed by atoms with van der Waals surface area (Å²) in [4.78, 5) is 0.0387. The van der Waals surface area contributed by atoms with E-state index < -0.39 is 6.61 Å². The van der Waals surface area contributed by atoms with E-state index in [9.17, 15) is 5.21 Å². The minimum Gasteiger partial charge on any atom is -0.411 e. The SMILES string of the molecule is [O-][n+]1onc(/C=N/O)c1CO. The van der Waals surface area contributed by atoms with Crippen molar-refractivity contribution in [2.24, 2.45) is 5.16 Å². The number of nitrogens with zero attached hydrogens (tertiary/aromatic N) is 3. The monoisotopic (exact) mass is 159 g/mol. The van der Waals surface area contributed by atoms with Crippen molar-refractivity contribution in [3.63, 3.8) is 0 Å². The van der Waals surface area contributed by atoms with Crippen molar-refractivity contribution in [3.8, 4) is 0 Å². The zero-order chi connectivity index (χ0) is 8.27. The van der Waals surface area contributed by atoms with Gasteiger partial charge in [0.15, 0.2) is 0 Å². The second-order valence-corrected chi connectivity index (χ2v) is 1.66. The highest BCUT2D eigenvalue weighted by atomic mass is 16.8. The van der Waals surface area contributed by atoms with Crippen LogP contribution < -0.4 is 4.90 Å². The van der Waals surface area contributed by atoms with Gasteiger partial charge in [-0.25, -0.2) is 0 Å². The van der Waals surface area contributed by atoms with Crippen molar-refractivity contribution >= 4 is 6.21 Å². The summed E-state index contributed by atoms with van der Waals surface area (Å²) in [6.07, 6.45) is 0.892. The molecule has 7 heteroatoms. The Morgan fingerprint density at radius 2 is 2.55 bits per heavy atom. The minimum absolute atomic E-state index is 0.00463. The summed E-state index contributed by atoms with van der Waals surface area (Å²) >= 11 is 0. The highest BCUT2D eigenvalue weighted by Crippen LogP contribution is 1.95. The molecule has 0 fully saturated rings. The largest absolute Gasteiger partial charge is 0.411 e. The highest BCUT2D eigenvalue weighted by Gasteiger charge is 2.15. The summed E-state index contributed by atoms with van der Waals surface area (Å²) in [7, 11) is 0. The van der Waals surface area contributed by atoms with E-state index in [2.05, 4.69) is 14.9 Å². The molecule has 0 amide bonds. The van der Waals surface area contributed by atoms with E-state index in [-0.39, 0.29) is 16.3 Å². The van der Waals surface area contributed by atoms with Gasteiger partial charge in [-0.1, -0.05) is 5.16 Å². The Kier molecular flexibility index (Phi) is 2.02.